The van der Waals surface area contributed by atoms with E-state index in [-0.39, 0.29) is 36.4 Å². The van der Waals surface area contributed by atoms with Gasteiger partial charge in [-0.2, -0.15) is 0 Å². The minimum Gasteiger partial charge on any atom is -0.478 e. The number of carbonyl (C=O) groups is 3. The maximum Gasteiger partial charge on any atom is 0.331 e. The molecule has 2 fully saturated rings. The van der Waals surface area contributed by atoms with Crippen molar-refractivity contribution in [1.29, 1.82) is 0 Å². The molecule has 1 saturated heterocycles. The van der Waals surface area contributed by atoms with Crippen LogP contribution in [0, 0.1) is 5.92 Å². The number of ether oxygens (including phenoxy) is 1. The van der Waals surface area contributed by atoms with Crippen molar-refractivity contribution in [1.82, 2.24) is 4.90 Å². The first-order valence-corrected chi connectivity index (χ1v) is 8.36. The average molecular weight is 321 g/mol. The number of amides is 1. The molecule has 6 heteroatoms. The molecule has 0 radical (unpaired) electrons. The first-order chi connectivity index (χ1) is 11.0. The van der Waals surface area contributed by atoms with Crippen LogP contribution in [0.3, 0.4) is 0 Å². The second-order valence-electron chi connectivity index (χ2n) is 6.77. The number of hydrogen-bond acceptors (Lipinski definition) is 4. The number of carbonyl (C=O) groups excluding carboxylic acids is 2. The van der Waals surface area contributed by atoms with E-state index in [2.05, 4.69) is 0 Å². The number of ketones is 1. The number of Topliss-reactive ketones (excluding diaryl/α,β-unsaturated/α-hetero) is 1. The molecule has 1 saturated carbocycles. The fourth-order valence-corrected chi connectivity index (χ4v) is 4.08. The topological polar surface area (TPSA) is 83.9 Å². The van der Waals surface area contributed by atoms with Gasteiger partial charge in [0.2, 0.25) is 5.91 Å². The van der Waals surface area contributed by atoms with Crippen molar-refractivity contribution in [3.05, 3.63) is 11.1 Å². The predicted octanol–water partition coefficient (Wildman–Crippen LogP) is 1.54. The third-order valence-corrected chi connectivity index (χ3v) is 5.46. The molecule has 1 amide bonds. The minimum absolute atomic E-state index is 0.000953. The summed E-state index contributed by atoms with van der Waals surface area (Å²) in [5, 5.41) is 9.34. The number of morpholine rings is 1. The number of nitrogens with zero attached hydrogens (tertiary/aromatic N) is 1. The van der Waals surface area contributed by atoms with Gasteiger partial charge in [0.1, 0.15) is 6.61 Å². The smallest absolute Gasteiger partial charge is 0.331 e. The highest BCUT2D eigenvalue weighted by molar-refractivity contribution is 6.04. The van der Waals surface area contributed by atoms with E-state index < -0.39 is 5.97 Å². The third kappa shape index (κ3) is 3.04. The number of likely N-dealkylation sites (N-methyl/N-ethyl adjacent to an activating group) is 1. The lowest BCUT2D eigenvalue weighted by Gasteiger charge is -2.44. The van der Waals surface area contributed by atoms with Crippen LogP contribution in [-0.4, -0.2) is 53.5 Å². The highest BCUT2D eigenvalue weighted by Gasteiger charge is 2.42. The van der Waals surface area contributed by atoms with E-state index in [1.165, 1.54) is 0 Å². The maximum atomic E-state index is 12.9. The summed E-state index contributed by atoms with van der Waals surface area (Å²) in [6.45, 7) is 0.116. The molecule has 3 atom stereocenters. The Morgan fingerprint density at radius 1 is 1.17 bits per heavy atom. The van der Waals surface area contributed by atoms with Crippen molar-refractivity contribution >= 4 is 17.7 Å². The van der Waals surface area contributed by atoms with Crippen molar-refractivity contribution in [3.8, 4) is 0 Å². The molecule has 1 N–H and O–H groups in total. The summed E-state index contributed by atoms with van der Waals surface area (Å²) in [5.41, 5.74) is 0.811. The van der Waals surface area contributed by atoms with Gasteiger partial charge in [-0.3, -0.25) is 9.59 Å². The summed E-state index contributed by atoms with van der Waals surface area (Å²) in [4.78, 5) is 37.8. The van der Waals surface area contributed by atoms with Crippen LogP contribution in [0.15, 0.2) is 11.1 Å². The Bertz CT molecular complexity index is 567. The molecule has 3 unspecified atom stereocenters. The second-order valence-corrected chi connectivity index (χ2v) is 6.77. The molecule has 0 aromatic rings. The van der Waals surface area contributed by atoms with Crippen molar-refractivity contribution in [2.45, 2.75) is 57.1 Å². The number of rotatable bonds is 3. The Balaban J connectivity index is 1.78. The monoisotopic (exact) mass is 321 g/mol. The van der Waals surface area contributed by atoms with Crippen molar-refractivity contribution in [2.75, 3.05) is 13.7 Å². The summed E-state index contributed by atoms with van der Waals surface area (Å²) in [6.07, 6.45) is 4.78. The molecule has 0 aromatic carbocycles. The van der Waals surface area contributed by atoms with Gasteiger partial charge >= 0.3 is 5.97 Å². The molecular formula is C17H23NO5. The summed E-state index contributed by atoms with van der Waals surface area (Å²) >= 11 is 0. The van der Waals surface area contributed by atoms with E-state index >= 15 is 0 Å². The second kappa shape index (κ2) is 6.43. The molecule has 3 aliphatic rings. The lowest BCUT2D eigenvalue weighted by atomic mass is 9.76. The lowest BCUT2D eigenvalue weighted by Crippen LogP contribution is -2.55. The number of allylic oxidation sites excluding steroid dienone is 1. The van der Waals surface area contributed by atoms with Crippen LogP contribution < -0.4 is 0 Å². The molecule has 0 bridgehead atoms. The van der Waals surface area contributed by atoms with Gasteiger partial charge in [-0.15, -0.1) is 0 Å². The van der Waals surface area contributed by atoms with Crippen LogP contribution in [0.2, 0.25) is 0 Å². The van der Waals surface area contributed by atoms with Crippen LogP contribution in [0.1, 0.15) is 44.9 Å². The largest absolute Gasteiger partial charge is 0.478 e. The SMILES string of the molecule is CN1C(=O)COC2CCC(C(=O)C3=C(C(=O)O)CCCC3)CC21. The molecule has 0 aromatic heterocycles. The van der Waals surface area contributed by atoms with Gasteiger partial charge in [0.05, 0.1) is 12.1 Å². The van der Waals surface area contributed by atoms with E-state index in [1.54, 1.807) is 11.9 Å². The number of fused-ring (bicyclic) bond motifs is 1. The van der Waals surface area contributed by atoms with Gasteiger partial charge < -0.3 is 14.7 Å². The maximum absolute atomic E-state index is 12.9. The van der Waals surface area contributed by atoms with Crippen molar-refractivity contribution < 1.29 is 24.2 Å². The highest BCUT2D eigenvalue weighted by Crippen LogP contribution is 2.36. The van der Waals surface area contributed by atoms with Crippen LogP contribution in [0.4, 0.5) is 0 Å². The van der Waals surface area contributed by atoms with Gasteiger partial charge in [0, 0.05) is 24.1 Å². The quantitative estimate of drug-likeness (QED) is 0.852. The molecule has 1 aliphatic heterocycles. The zero-order valence-electron chi connectivity index (χ0n) is 13.4. The Kier molecular flexibility index (Phi) is 4.53. The van der Waals surface area contributed by atoms with E-state index in [0.29, 0.717) is 36.8 Å². The van der Waals surface area contributed by atoms with Gasteiger partial charge in [-0.05, 0) is 44.9 Å². The molecule has 23 heavy (non-hydrogen) atoms. The normalized spacial score (nSPS) is 31.8. The van der Waals surface area contributed by atoms with Crippen LogP contribution >= 0.6 is 0 Å². The average Bonchev–Trinajstić information content (AvgIpc) is 2.57. The Hall–Kier alpha value is -1.69. The van der Waals surface area contributed by atoms with Gasteiger partial charge in [0.25, 0.3) is 0 Å². The fourth-order valence-electron chi connectivity index (χ4n) is 4.08. The van der Waals surface area contributed by atoms with Gasteiger partial charge in [0.15, 0.2) is 5.78 Å². The van der Waals surface area contributed by atoms with Gasteiger partial charge in [-0.25, -0.2) is 4.79 Å². The van der Waals surface area contributed by atoms with E-state index in [4.69, 9.17) is 4.74 Å². The third-order valence-electron chi connectivity index (χ3n) is 5.46. The fraction of sp³-hybridized carbons (Fsp3) is 0.706. The minimum atomic E-state index is -0.963. The molecule has 6 nitrogen and oxygen atoms in total. The molecular weight excluding hydrogens is 298 g/mol. The summed E-state index contributed by atoms with van der Waals surface area (Å²) in [6, 6.07) is -0.0728. The van der Waals surface area contributed by atoms with E-state index in [1.807, 2.05) is 0 Å². The van der Waals surface area contributed by atoms with E-state index in [9.17, 15) is 19.5 Å². The first-order valence-electron chi connectivity index (χ1n) is 8.36. The van der Waals surface area contributed by atoms with Crippen LogP contribution in [0.25, 0.3) is 0 Å². The molecule has 0 spiro atoms. The molecule has 3 rings (SSSR count). The molecule has 2 aliphatic carbocycles. The van der Waals surface area contributed by atoms with Crippen LogP contribution in [-0.2, 0) is 19.1 Å². The predicted molar refractivity (Wildman–Crippen MR) is 81.8 cm³/mol. The number of hydrogen-bond donors (Lipinski definition) is 1. The molecule has 126 valence electrons. The van der Waals surface area contributed by atoms with E-state index in [0.717, 1.165) is 19.3 Å². The first kappa shape index (κ1) is 16.2. The number of carboxylic acid groups (broad SMARTS) is 1. The Labute approximate surface area is 135 Å². The number of carboxylic acids is 1. The Morgan fingerprint density at radius 2 is 1.87 bits per heavy atom. The lowest BCUT2D eigenvalue weighted by molar-refractivity contribution is -0.160. The van der Waals surface area contributed by atoms with Crippen molar-refractivity contribution in [3.63, 3.8) is 0 Å². The number of aliphatic carboxylic acids is 1. The summed E-state index contributed by atoms with van der Waals surface area (Å²) in [7, 11) is 1.76. The standard InChI is InChI=1S/C17H23NO5/c1-18-13-8-10(6-7-14(13)23-9-15(18)19)16(20)11-4-2-3-5-12(11)17(21)22/h10,13-14H,2-9H2,1H3,(H,21,22). The zero-order valence-corrected chi connectivity index (χ0v) is 13.4. The van der Waals surface area contributed by atoms with Crippen LogP contribution in [0.5, 0.6) is 0 Å². The molecule has 1 heterocycles. The zero-order chi connectivity index (χ0) is 16.6. The summed E-state index contributed by atoms with van der Waals surface area (Å²) < 4.78 is 5.59. The Morgan fingerprint density at radius 3 is 2.57 bits per heavy atom. The summed E-state index contributed by atoms with van der Waals surface area (Å²) in [5.74, 6) is -1.24. The van der Waals surface area contributed by atoms with Gasteiger partial charge in [-0.1, -0.05) is 0 Å². The highest BCUT2D eigenvalue weighted by atomic mass is 16.5. The van der Waals surface area contributed by atoms with Crippen molar-refractivity contribution in [2.24, 2.45) is 5.92 Å².